The molecule has 0 saturated carbocycles. The van der Waals surface area contributed by atoms with Gasteiger partial charge >= 0.3 is 0 Å². The van der Waals surface area contributed by atoms with Gasteiger partial charge in [0.1, 0.15) is 0 Å². The molecule has 0 aliphatic heterocycles. The van der Waals surface area contributed by atoms with Gasteiger partial charge in [0.25, 0.3) is 0 Å². The highest BCUT2D eigenvalue weighted by Gasteiger charge is 2.11. The summed E-state index contributed by atoms with van der Waals surface area (Å²) < 4.78 is 10.7. The van der Waals surface area contributed by atoms with E-state index in [-0.39, 0.29) is 6.10 Å². The Morgan fingerprint density at radius 2 is 2.13 bits per heavy atom. The maximum Gasteiger partial charge on any atom is 0.164 e. The molecule has 0 aliphatic carbocycles. The highest BCUT2D eigenvalue weighted by atomic mass is 16.5. The quantitative estimate of drug-likeness (QED) is 0.808. The summed E-state index contributed by atoms with van der Waals surface area (Å²) in [5.41, 5.74) is 0.971. The van der Waals surface area contributed by atoms with Gasteiger partial charge in [-0.3, -0.25) is 0 Å². The first-order valence-corrected chi connectivity index (χ1v) is 5.15. The molecule has 0 bridgehead atoms. The van der Waals surface area contributed by atoms with Crippen LogP contribution in [0.4, 0.5) is 0 Å². The molecule has 0 radical (unpaired) electrons. The average molecular weight is 210 g/mol. The van der Waals surface area contributed by atoms with E-state index in [1.165, 1.54) is 0 Å². The van der Waals surface area contributed by atoms with Gasteiger partial charge in [-0.25, -0.2) is 0 Å². The average Bonchev–Trinajstić information content (AvgIpc) is 2.18. The third kappa shape index (κ3) is 3.13. The lowest BCUT2D eigenvalue weighted by Gasteiger charge is -2.14. The molecule has 0 aromatic heterocycles. The third-order valence-electron chi connectivity index (χ3n) is 2.08. The molecule has 1 unspecified atom stereocenters. The molecule has 1 N–H and O–H groups in total. The standard InChI is InChI=1S/C12H18O3/c1-4-15-11-7-5-6-10(8-9(2)13)12(11)14-3/h5-7,9,13H,4,8H2,1-3H3. The molecule has 0 spiro atoms. The number of rotatable bonds is 5. The summed E-state index contributed by atoms with van der Waals surface area (Å²) in [6.07, 6.45) is 0.195. The van der Waals surface area contributed by atoms with Crippen LogP contribution >= 0.6 is 0 Å². The normalized spacial score (nSPS) is 12.3. The maximum atomic E-state index is 9.35. The lowest BCUT2D eigenvalue weighted by Crippen LogP contribution is -2.06. The van der Waals surface area contributed by atoms with E-state index in [9.17, 15) is 5.11 Å². The lowest BCUT2D eigenvalue weighted by molar-refractivity contribution is 0.193. The Kier molecular flexibility index (Phi) is 4.43. The first-order chi connectivity index (χ1) is 7.19. The number of methoxy groups -OCH3 is 1. The van der Waals surface area contributed by atoms with Gasteiger partial charge < -0.3 is 14.6 Å². The third-order valence-corrected chi connectivity index (χ3v) is 2.08. The van der Waals surface area contributed by atoms with E-state index in [0.717, 1.165) is 17.1 Å². The Balaban J connectivity index is 2.98. The van der Waals surface area contributed by atoms with Crippen molar-refractivity contribution in [3.8, 4) is 11.5 Å². The van der Waals surface area contributed by atoms with Crippen LogP contribution in [-0.4, -0.2) is 24.9 Å². The Labute approximate surface area is 90.6 Å². The molecule has 0 saturated heterocycles. The Morgan fingerprint density at radius 3 is 2.67 bits per heavy atom. The number of ether oxygens (including phenoxy) is 2. The summed E-state index contributed by atoms with van der Waals surface area (Å²) in [5, 5.41) is 9.35. The SMILES string of the molecule is CCOc1cccc(CC(C)O)c1OC. The van der Waals surface area contributed by atoms with Crippen molar-refractivity contribution in [1.82, 2.24) is 0 Å². The van der Waals surface area contributed by atoms with E-state index in [1.54, 1.807) is 14.0 Å². The topological polar surface area (TPSA) is 38.7 Å². The maximum absolute atomic E-state index is 9.35. The second-order valence-corrected chi connectivity index (χ2v) is 3.43. The van der Waals surface area contributed by atoms with Crippen LogP contribution in [0.2, 0.25) is 0 Å². The molecule has 3 heteroatoms. The van der Waals surface area contributed by atoms with E-state index in [1.807, 2.05) is 25.1 Å². The van der Waals surface area contributed by atoms with Crippen LogP contribution in [0.25, 0.3) is 0 Å². The van der Waals surface area contributed by atoms with Gasteiger partial charge in [0.2, 0.25) is 0 Å². The van der Waals surface area contributed by atoms with E-state index in [4.69, 9.17) is 9.47 Å². The van der Waals surface area contributed by atoms with Crippen LogP contribution in [0.1, 0.15) is 19.4 Å². The van der Waals surface area contributed by atoms with Gasteiger partial charge in [0.05, 0.1) is 19.8 Å². The minimum atomic E-state index is -0.379. The lowest BCUT2D eigenvalue weighted by atomic mass is 10.1. The summed E-state index contributed by atoms with van der Waals surface area (Å²) in [4.78, 5) is 0. The van der Waals surface area contributed by atoms with E-state index >= 15 is 0 Å². The van der Waals surface area contributed by atoms with Crippen molar-refractivity contribution < 1.29 is 14.6 Å². The summed E-state index contributed by atoms with van der Waals surface area (Å²) in [6, 6.07) is 5.72. The van der Waals surface area contributed by atoms with Gasteiger partial charge in [-0.2, -0.15) is 0 Å². The zero-order chi connectivity index (χ0) is 11.3. The van der Waals surface area contributed by atoms with Crippen LogP contribution in [0.5, 0.6) is 11.5 Å². The molecular weight excluding hydrogens is 192 g/mol. The highest BCUT2D eigenvalue weighted by Crippen LogP contribution is 2.31. The molecule has 84 valence electrons. The predicted octanol–water partition coefficient (Wildman–Crippen LogP) is 2.02. The van der Waals surface area contributed by atoms with Crippen molar-refractivity contribution >= 4 is 0 Å². The number of hydrogen-bond acceptors (Lipinski definition) is 3. The van der Waals surface area contributed by atoms with Crippen LogP contribution < -0.4 is 9.47 Å². The second-order valence-electron chi connectivity index (χ2n) is 3.43. The molecule has 0 heterocycles. The first-order valence-electron chi connectivity index (χ1n) is 5.15. The van der Waals surface area contributed by atoms with Crippen LogP contribution in [0, 0.1) is 0 Å². The Morgan fingerprint density at radius 1 is 1.40 bits per heavy atom. The molecule has 0 aliphatic rings. The van der Waals surface area contributed by atoms with E-state index in [2.05, 4.69) is 0 Å². The summed E-state index contributed by atoms with van der Waals surface area (Å²) in [5.74, 6) is 1.46. The summed E-state index contributed by atoms with van der Waals surface area (Å²) in [6.45, 7) is 4.29. The minimum Gasteiger partial charge on any atom is -0.493 e. The monoisotopic (exact) mass is 210 g/mol. The van der Waals surface area contributed by atoms with E-state index < -0.39 is 0 Å². The zero-order valence-corrected chi connectivity index (χ0v) is 9.49. The van der Waals surface area contributed by atoms with Gasteiger partial charge in [-0.1, -0.05) is 12.1 Å². The van der Waals surface area contributed by atoms with Crippen LogP contribution in [-0.2, 0) is 6.42 Å². The fraction of sp³-hybridized carbons (Fsp3) is 0.500. The second kappa shape index (κ2) is 5.61. The molecule has 15 heavy (non-hydrogen) atoms. The molecule has 1 aromatic rings. The molecule has 3 nitrogen and oxygen atoms in total. The zero-order valence-electron chi connectivity index (χ0n) is 9.49. The van der Waals surface area contributed by atoms with Crippen LogP contribution in [0.3, 0.4) is 0 Å². The molecular formula is C12H18O3. The number of benzene rings is 1. The number of aliphatic hydroxyl groups is 1. The van der Waals surface area contributed by atoms with Gasteiger partial charge in [-0.05, 0) is 19.9 Å². The van der Waals surface area contributed by atoms with Gasteiger partial charge in [0.15, 0.2) is 11.5 Å². The fourth-order valence-corrected chi connectivity index (χ4v) is 1.54. The minimum absolute atomic E-state index is 0.379. The largest absolute Gasteiger partial charge is 0.493 e. The van der Waals surface area contributed by atoms with Crippen molar-refractivity contribution in [1.29, 1.82) is 0 Å². The highest BCUT2D eigenvalue weighted by molar-refractivity contribution is 5.46. The molecule has 0 amide bonds. The number of aliphatic hydroxyl groups excluding tert-OH is 1. The summed E-state index contributed by atoms with van der Waals surface area (Å²) in [7, 11) is 1.61. The fourth-order valence-electron chi connectivity index (χ4n) is 1.54. The molecule has 1 rings (SSSR count). The molecule has 1 atom stereocenters. The van der Waals surface area contributed by atoms with Crippen molar-refractivity contribution in [3.63, 3.8) is 0 Å². The molecule has 1 aromatic carbocycles. The Bertz CT molecular complexity index is 308. The van der Waals surface area contributed by atoms with Crippen molar-refractivity contribution in [2.75, 3.05) is 13.7 Å². The smallest absolute Gasteiger partial charge is 0.164 e. The number of para-hydroxylation sites is 1. The Hall–Kier alpha value is -1.22. The van der Waals surface area contributed by atoms with Gasteiger partial charge in [0, 0.05) is 12.0 Å². The van der Waals surface area contributed by atoms with Crippen LogP contribution in [0.15, 0.2) is 18.2 Å². The molecule has 0 fully saturated rings. The summed E-state index contributed by atoms with van der Waals surface area (Å²) >= 11 is 0. The van der Waals surface area contributed by atoms with Crippen molar-refractivity contribution in [2.45, 2.75) is 26.4 Å². The number of hydrogen-bond donors (Lipinski definition) is 1. The first kappa shape index (κ1) is 11.9. The van der Waals surface area contributed by atoms with Gasteiger partial charge in [-0.15, -0.1) is 0 Å². The van der Waals surface area contributed by atoms with E-state index in [0.29, 0.717) is 13.0 Å². The van der Waals surface area contributed by atoms with Crippen molar-refractivity contribution in [3.05, 3.63) is 23.8 Å². The predicted molar refractivity (Wildman–Crippen MR) is 59.5 cm³/mol. The van der Waals surface area contributed by atoms with Crippen molar-refractivity contribution in [2.24, 2.45) is 0 Å².